The number of halogens is 1. The van der Waals surface area contributed by atoms with Crippen LogP contribution in [-0.4, -0.2) is 23.1 Å². The van der Waals surface area contributed by atoms with Crippen LogP contribution in [0.25, 0.3) is 0 Å². The van der Waals surface area contributed by atoms with Gasteiger partial charge in [0.05, 0.1) is 0 Å². The maximum atomic E-state index is 2.84. The van der Waals surface area contributed by atoms with E-state index in [1.807, 2.05) is 18.2 Å². The minimum absolute atomic E-state index is 0. The molecule has 0 saturated carbocycles. The van der Waals surface area contributed by atoms with Crippen molar-refractivity contribution in [3.8, 4) is 0 Å². The summed E-state index contributed by atoms with van der Waals surface area (Å²) in [6.07, 6.45) is 0. The first-order valence-corrected chi connectivity index (χ1v) is 1.82. The summed E-state index contributed by atoms with van der Waals surface area (Å²) in [7, 11) is 0. The van der Waals surface area contributed by atoms with E-state index in [1.54, 1.807) is 6.07 Å². The van der Waals surface area contributed by atoms with E-state index in [0.717, 1.165) is 0 Å². The van der Waals surface area contributed by atoms with E-state index in [9.17, 15) is 0 Å². The van der Waals surface area contributed by atoms with Gasteiger partial charge in [-0.2, -0.15) is 0 Å². The SMILES string of the molecule is [Cl-].[Mg+2].[Y].[c-]1c[c-]ccc1. The standard InChI is InChI=1S/C6H4.ClH.Mg.Y/c1-2-4-6-5-3-1;;;/h1-3,6H;1H;;/q-2;;+2;/p-1. The summed E-state index contributed by atoms with van der Waals surface area (Å²) >= 11 is 0. The van der Waals surface area contributed by atoms with Crippen LogP contribution in [0.3, 0.4) is 0 Å². The van der Waals surface area contributed by atoms with Crippen molar-refractivity contribution in [2.45, 2.75) is 0 Å². The number of hydrogen-bond acceptors (Lipinski definition) is 0. The van der Waals surface area contributed by atoms with Gasteiger partial charge in [0.25, 0.3) is 0 Å². The molecule has 0 N–H and O–H groups in total. The fourth-order valence-corrected chi connectivity index (χ4v) is 0.304. The summed E-state index contributed by atoms with van der Waals surface area (Å²) in [5, 5.41) is 0. The van der Waals surface area contributed by atoms with Gasteiger partial charge in [-0.15, -0.1) is 0 Å². The minimum Gasteiger partial charge on any atom is -1.00 e. The van der Waals surface area contributed by atoms with E-state index in [2.05, 4.69) is 12.1 Å². The molecule has 0 unspecified atom stereocenters. The molecule has 0 spiro atoms. The summed E-state index contributed by atoms with van der Waals surface area (Å²) in [4.78, 5) is 0. The molecule has 1 radical (unpaired) electrons. The third-order valence-corrected chi connectivity index (χ3v) is 0.552. The van der Waals surface area contributed by atoms with Gasteiger partial charge in [-0.25, -0.2) is 0 Å². The molecule has 0 aliphatic rings. The summed E-state index contributed by atoms with van der Waals surface area (Å²) in [5.74, 6) is 0. The molecule has 0 aliphatic heterocycles. The molecule has 1 aromatic carbocycles. The Labute approximate surface area is 103 Å². The van der Waals surface area contributed by atoms with Crippen molar-refractivity contribution in [3.63, 3.8) is 0 Å². The Morgan fingerprint density at radius 1 is 1.00 bits per heavy atom. The first kappa shape index (κ1) is 16.8. The fourth-order valence-electron chi connectivity index (χ4n) is 0.304. The molecular formula is C6H4ClMgY-. The predicted octanol–water partition coefficient (Wildman–Crippen LogP) is -2.09. The van der Waals surface area contributed by atoms with Gasteiger partial charge in [-0.3, -0.25) is 18.2 Å². The van der Waals surface area contributed by atoms with E-state index in [1.165, 1.54) is 0 Å². The summed E-state index contributed by atoms with van der Waals surface area (Å²) in [6.45, 7) is 0. The zero-order valence-corrected chi connectivity index (χ0v) is 9.98. The van der Waals surface area contributed by atoms with Gasteiger partial charge in [0.15, 0.2) is 0 Å². The third kappa shape index (κ3) is 9.38. The average Bonchev–Trinajstić information content (AvgIpc) is 1.72. The number of rotatable bonds is 0. The topological polar surface area (TPSA) is 0 Å². The Bertz CT molecular complexity index is 85.0. The van der Waals surface area contributed by atoms with E-state index < -0.39 is 0 Å². The molecule has 0 aromatic heterocycles. The van der Waals surface area contributed by atoms with Crippen molar-refractivity contribution in [1.29, 1.82) is 0 Å². The fraction of sp³-hybridized carbons (Fsp3) is 0. The van der Waals surface area contributed by atoms with Crippen molar-refractivity contribution < 1.29 is 45.1 Å². The number of hydrogen-bond donors (Lipinski definition) is 0. The molecule has 0 bridgehead atoms. The smallest absolute Gasteiger partial charge is 1.00 e. The predicted molar refractivity (Wildman–Crippen MR) is 29.9 cm³/mol. The second kappa shape index (κ2) is 12.1. The largest absolute Gasteiger partial charge is 2.00 e. The summed E-state index contributed by atoms with van der Waals surface area (Å²) in [6, 6.07) is 13.0. The average molecular weight is 225 g/mol. The first-order chi connectivity index (χ1) is 3.00. The monoisotopic (exact) mass is 224 g/mol. The van der Waals surface area contributed by atoms with Crippen LogP contribution in [0.1, 0.15) is 0 Å². The van der Waals surface area contributed by atoms with Crippen LogP contribution in [0.15, 0.2) is 24.3 Å². The van der Waals surface area contributed by atoms with Gasteiger partial charge >= 0.3 is 23.1 Å². The maximum absolute atomic E-state index is 2.84. The van der Waals surface area contributed by atoms with Gasteiger partial charge in [0.1, 0.15) is 0 Å². The summed E-state index contributed by atoms with van der Waals surface area (Å²) < 4.78 is 0. The van der Waals surface area contributed by atoms with E-state index >= 15 is 0 Å². The quantitative estimate of drug-likeness (QED) is 0.350. The zero-order chi connectivity index (χ0) is 4.24. The van der Waals surface area contributed by atoms with Crippen molar-refractivity contribution in [2.24, 2.45) is 0 Å². The van der Waals surface area contributed by atoms with Crippen LogP contribution in [0.5, 0.6) is 0 Å². The molecule has 3 heteroatoms. The van der Waals surface area contributed by atoms with Crippen molar-refractivity contribution >= 4 is 23.1 Å². The van der Waals surface area contributed by atoms with Gasteiger partial charge in [0.2, 0.25) is 0 Å². The van der Waals surface area contributed by atoms with Crippen molar-refractivity contribution in [3.05, 3.63) is 36.4 Å². The Morgan fingerprint density at radius 2 is 1.44 bits per heavy atom. The van der Waals surface area contributed by atoms with Gasteiger partial charge in [-0.1, -0.05) is 0 Å². The molecule has 0 heterocycles. The van der Waals surface area contributed by atoms with Crippen LogP contribution in [0.4, 0.5) is 0 Å². The molecular weight excluding hydrogens is 221 g/mol. The van der Waals surface area contributed by atoms with E-state index in [-0.39, 0.29) is 68.2 Å². The number of benzene rings is 1. The molecule has 0 aliphatic carbocycles. The summed E-state index contributed by atoms with van der Waals surface area (Å²) in [5.41, 5.74) is 0. The van der Waals surface area contributed by atoms with Gasteiger partial charge in [-0.05, 0) is 0 Å². The molecule has 0 fully saturated rings. The first-order valence-electron chi connectivity index (χ1n) is 1.82. The van der Waals surface area contributed by atoms with E-state index in [4.69, 9.17) is 0 Å². The van der Waals surface area contributed by atoms with Crippen LogP contribution in [0, 0.1) is 12.1 Å². The second-order valence-electron chi connectivity index (χ2n) is 1.00. The second-order valence-corrected chi connectivity index (χ2v) is 1.00. The van der Waals surface area contributed by atoms with Gasteiger partial charge < -0.3 is 30.6 Å². The Morgan fingerprint density at radius 3 is 1.56 bits per heavy atom. The molecule has 9 heavy (non-hydrogen) atoms. The van der Waals surface area contributed by atoms with Crippen LogP contribution in [-0.2, 0) is 32.7 Å². The van der Waals surface area contributed by atoms with Crippen LogP contribution in [0.2, 0.25) is 0 Å². The molecule has 0 atom stereocenters. The molecule has 1 rings (SSSR count). The molecule has 0 amide bonds. The zero-order valence-electron chi connectivity index (χ0n) is 4.97. The van der Waals surface area contributed by atoms with Crippen molar-refractivity contribution in [1.82, 2.24) is 0 Å². The molecule has 41 valence electrons. The minimum atomic E-state index is 0. The Balaban J connectivity index is -0.000000120. The molecule has 0 saturated heterocycles. The van der Waals surface area contributed by atoms with E-state index in [0.29, 0.717) is 0 Å². The maximum Gasteiger partial charge on any atom is 2.00 e. The normalized spacial score (nSPS) is 5.33. The van der Waals surface area contributed by atoms with Crippen LogP contribution < -0.4 is 12.4 Å². The van der Waals surface area contributed by atoms with Crippen LogP contribution >= 0.6 is 0 Å². The Kier molecular flexibility index (Phi) is 22.5. The molecule has 1 aromatic rings. The molecule has 0 nitrogen and oxygen atoms in total. The van der Waals surface area contributed by atoms with Gasteiger partial charge in [0, 0.05) is 32.7 Å². The Hall–Kier alpha value is 1.38. The van der Waals surface area contributed by atoms with Crippen molar-refractivity contribution in [2.75, 3.05) is 0 Å². The third-order valence-electron chi connectivity index (χ3n) is 0.552.